The number of nitrogens with zero attached hydrogens (tertiary/aromatic N) is 1. The Morgan fingerprint density at radius 3 is 1.82 bits per heavy atom. The molecule has 5 heteroatoms. The number of rotatable bonds is 4. The topological polar surface area (TPSA) is 23.5 Å². The minimum atomic E-state index is -4.42. The zero-order valence-electron chi connectivity index (χ0n) is 15.1. The molecule has 1 saturated heterocycles. The summed E-state index contributed by atoms with van der Waals surface area (Å²) in [6.45, 7) is 0.533. The van der Waals surface area contributed by atoms with Gasteiger partial charge in [0, 0.05) is 13.1 Å². The molecule has 1 N–H and O–H groups in total. The number of halogens is 3. The van der Waals surface area contributed by atoms with Crippen LogP contribution in [0.3, 0.4) is 0 Å². The molecule has 3 aromatic rings. The van der Waals surface area contributed by atoms with E-state index < -0.39 is 17.3 Å². The third-order valence-corrected chi connectivity index (χ3v) is 5.25. The largest absolute Gasteiger partial charge is 0.416 e. The predicted octanol–water partition coefficient (Wildman–Crippen LogP) is 5.00. The van der Waals surface area contributed by atoms with E-state index in [1.807, 2.05) is 60.7 Å². The van der Waals surface area contributed by atoms with Crippen LogP contribution in [0.4, 0.5) is 13.2 Å². The van der Waals surface area contributed by atoms with E-state index in [0.717, 1.165) is 23.3 Å². The lowest BCUT2D eigenvalue weighted by Gasteiger charge is -2.50. The molecule has 144 valence electrons. The number of likely N-dealkylation sites (tertiary alicyclic amines) is 1. The van der Waals surface area contributed by atoms with Crippen LogP contribution in [0.15, 0.2) is 84.9 Å². The van der Waals surface area contributed by atoms with E-state index in [1.165, 1.54) is 6.07 Å². The average Bonchev–Trinajstić information content (AvgIpc) is 2.68. The van der Waals surface area contributed by atoms with Gasteiger partial charge in [-0.15, -0.1) is 0 Å². The maximum atomic E-state index is 13.0. The molecule has 0 aliphatic carbocycles. The molecule has 4 rings (SSSR count). The highest BCUT2D eigenvalue weighted by Crippen LogP contribution is 2.41. The van der Waals surface area contributed by atoms with Gasteiger partial charge in [0.25, 0.3) is 0 Å². The quantitative estimate of drug-likeness (QED) is 0.686. The first-order valence-electron chi connectivity index (χ1n) is 9.11. The summed E-state index contributed by atoms with van der Waals surface area (Å²) in [6.07, 6.45) is -4.42. The van der Waals surface area contributed by atoms with Crippen LogP contribution in [-0.4, -0.2) is 23.1 Å². The van der Waals surface area contributed by atoms with Crippen molar-refractivity contribution >= 4 is 0 Å². The maximum Gasteiger partial charge on any atom is 0.416 e. The van der Waals surface area contributed by atoms with Gasteiger partial charge in [0.05, 0.1) is 11.6 Å². The Morgan fingerprint density at radius 2 is 1.32 bits per heavy atom. The van der Waals surface area contributed by atoms with Gasteiger partial charge in [0.2, 0.25) is 0 Å². The van der Waals surface area contributed by atoms with Crippen LogP contribution in [-0.2, 0) is 11.8 Å². The first-order valence-corrected chi connectivity index (χ1v) is 9.11. The van der Waals surface area contributed by atoms with Gasteiger partial charge >= 0.3 is 6.18 Å². The van der Waals surface area contributed by atoms with E-state index in [1.54, 1.807) is 6.07 Å². The van der Waals surface area contributed by atoms with Crippen molar-refractivity contribution in [3.63, 3.8) is 0 Å². The average molecular weight is 383 g/mol. The number of hydrogen-bond donors (Lipinski definition) is 1. The van der Waals surface area contributed by atoms with Gasteiger partial charge in [-0.05, 0) is 28.8 Å². The minimum Gasteiger partial charge on any atom is -0.382 e. The molecule has 0 aromatic heterocycles. The van der Waals surface area contributed by atoms with Crippen molar-refractivity contribution in [3.05, 3.63) is 107 Å². The van der Waals surface area contributed by atoms with E-state index in [0.29, 0.717) is 5.56 Å². The summed E-state index contributed by atoms with van der Waals surface area (Å²) in [5.74, 6) is 0. The summed E-state index contributed by atoms with van der Waals surface area (Å²) in [6, 6.07) is 24.8. The van der Waals surface area contributed by atoms with Crippen LogP contribution in [0.25, 0.3) is 0 Å². The first-order chi connectivity index (χ1) is 13.4. The molecular weight excluding hydrogens is 363 g/mol. The molecule has 0 saturated carbocycles. The molecule has 3 aromatic carbocycles. The molecule has 0 amide bonds. The first kappa shape index (κ1) is 18.7. The number of aliphatic hydroxyl groups is 1. The summed E-state index contributed by atoms with van der Waals surface area (Å²) in [5.41, 5.74) is 0.445. The Morgan fingerprint density at radius 1 is 0.786 bits per heavy atom. The van der Waals surface area contributed by atoms with Crippen LogP contribution >= 0.6 is 0 Å². The van der Waals surface area contributed by atoms with Gasteiger partial charge in [0.15, 0.2) is 0 Å². The zero-order chi connectivity index (χ0) is 19.8. The maximum absolute atomic E-state index is 13.0. The van der Waals surface area contributed by atoms with Crippen molar-refractivity contribution in [2.75, 3.05) is 13.1 Å². The molecule has 0 unspecified atom stereocenters. The standard InChI is InChI=1S/C23H20F3NO/c24-23(25,26)20-13-7-12-19(14-20)22(28)15-27(16-22)21(17-8-3-1-4-9-17)18-10-5-2-6-11-18/h1-14,21,28H,15-16H2. The third-order valence-electron chi connectivity index (χ3n) is 5.25. The molecule has 0 spiro atoms. The van der Waals surface area contributed by atoms with Crippen molar-refractivity contribution in [1.29, 1.82) is 0 Å². The fourth-order valence-electron chi connectivity index (χ4n) is 3.86. The highest BCUT2D eigenvalue weighted by Gasteiger charge is 2.46. The van der Waals surface area contributed by atoms with E-state index in [-0.39, 0.29) is 19.1 Å². The molecule has 1 heterocycles. The lowest BCUT2D eigenvalue weighted by Crippen LogP contribution is -2.60. The van der Waals surface area contributed by atoms with E-state index in [2.05, 4.69) is 4.90 Å². The van der Waals surface area contributed by atoms with Crippen LogP contribution in [0.1, 0.15) is 28.3 Å². The van der Waals surface area contributed by atoms with E-state index in [9.17, 15) is 18.3 Å². The number of alkyl halides is 3. The molecule has 0 radical (unpaired) electrons. The number of benzene rings is 3. The fourth-order valence-corrected chi connectivity index (χ4v) is 3.86. The monoisotopic (exact) mass is 383 g/mol. The highest BCUT2D eigenvalue weighted by molar-refractivity contribution is 5.36. The fraction of sp³-hybridized carbons (Fsp3) is 0.217. The molecule has 0 atom stereocenters. The van der Waals surface area contributed by atoms with Gasteiger partial charge in [-0.2, -0.15) is 13.2 Å². The Hall–Kier alpha value is -2.63. The Labute approximate surface area is 161 Å². The van der Waals surface area contributed by atoms with Gasteiger partial charge in [-0.25, -0.2) is 0 Å². The van der Waals surface area contributed by atoms with Gasteiger partial charge < -0.3 is 5.11 Å². The highest BCUT2D eigenvalue weighted by atomic mass is 19.4. The molecule has 1 fully saturated rings. The SMILES string of the molecule is OC1(c2cccc(C(F)(F)F)c2)CN(C(c2ccccc2)c2ccccc2)C1. The van der Waals surface area contributed by atoms with Crippen LogP contribution in [0.2, 0.25) is 0 Å². The molecule has 28 heavy (non-hydrogen) atoms. The summed E-state index contributed by atoms with van der Waals surface area (Å²) < 4.78 is 39.1. The normalized spacial score (nSPS) is 16.8. The summed E-state index contributed by atoms with van der Waals surface area (Å²) in [5, 5.41) is 11.0. The zero-order valence-corrected chi connectivity index (χ0v) is 15.1. The van der Waals surface area contributed by atoms with Crippen LogP contribution < -0.4 is 0 Å². The Kier molecular flexibility index (Phi) is 4.73. The second-order valence-corrected chi connectivity index (χ2v) is 7.24. The molecule has 2 nitrogen and oxygen atoms in total. The Balaban J connectivity index is 1.61. The second-order valence-electron chi connectivity index (χ2n) is 7.24. The van der Waals surface area contributed by atoms with Crippen LogP contribution in [0, 0.1) is 0 Å². The summed E-state index contributed by atoms with van der Waals surface area (Å²) in [7, 11) is 0. The Bertz CT molecular complexity index is 895. The van der Waals surface area contributed by atoms with Gasteiger partial charge in [-0.3, -0.25) is 4.90 Å². The number of hydrogen-bond acceptors (Lipinski definition) is 2. The van der Waals surface area contributed by atoms with E-state index >= 15 is 0 Å². The minimum absolute atomic E-state index is 0.0616. The molecule has 1 aliphatic heterocycles. The molecule has 0 bridgehead atoms. The third kappa shape index (κ3) is 3.55. The summed E-state index contributed by atoms with van der Waals surface area (Å²) in [4.78, 5) is 2.09. The van der Waals surface area contributed by atoms with Crippen molar-refractivity contribution in [1.82, 2.24) is 4.90 Å². The van der Waals surface area contributed by atoms with Crippen molar-refractivity contribution < 1.29 is 18.3 Å². The lowest BCUT2D eigenvalue weighted by atomic mass is 9.82. The number of β-amino-alcohol motifs (C(OH)–C–C–N with tert-alkyl or cyclic N) is 1. The lowest BCUT2D eigenvalue weighted by molar-refractivity contribution is -0.138. The van der Waals surface area contributed by atoms with Crippen LogP contribution in [0.5, 0.6) is 0 Å². The summed E-state index contributed by atoms with van der Waals surface area (Å²) >= 11 is 0. The molecular formula is C23H20F3NO. The molecule has 1 aliphatic rings. The smallest absolute Gasteiger partial charge is 0.382 e. The van der Waals surface area contributed by atoms with Crippen molar-refractivity contribution in [2.24, 2.45) is 0 Å². The van der Waals surface area contributed by atoms with Gasteiger partial charge in [0.1, 0.15) is 5.60 Å². The van der Waals surface area contributed by atoms with Gasteiger partial charge in [-0.1, -0.05) is 72.8 Å². The second kappa shape index (κ2) is 7.08. The van der Waals surface area contributed by atoms with Crippen molar-refractivity contribution in [2.45, 2.75) is 17.8 Å². The van der Waals surface area contributed by atoms with E-state index in [4.69, 9.17) is 0 Å². The predicted molar refractivity (Wildman–Crippen MR) is 102 cm³/mol. The van der Waals surface area contributed by atoms with Crippen molar-refractivity contribution in [3.8, 4) is 0 Å².